The normalized spacial score (nSPS) is 11.7. The van der Waals surface area contributed by atoms with Crippen LogP contribution >= 0.6 is 0 Å². The van der Waals surface area contributed by atoms with E-state index in [1.807, 2.05) is 31.2 Å². The molecule has 2 aromatic heterocycles. The molecule has 0 amide bonds. The smallest absolute Gasteiger partial charge is 0.246 e. The molecule has 0 atom stereocenters. The van der Waals surface area contributed by atoms with Gasteiger partial charge < -0.3 is 5.11 Å². The molecule has 0 aliphatic rings. The minimum absolute atomic E-state index is 0.0288. The van der Waals surface area contributed by atoms with Gasteiger partial charge >= 0.3 is 0 Å². The molecule has 0 saturated heterocycles. The number of aryl methyl sites for hydroxylation is 1. The van der Waals surface area contributed by atoms with E-state index in [4.69, 9.17) is 0 Å². The van der Waals surface area contributed by atoms with Crippen molar-refractivity contribution in [2.24, 2.45) is 0 Å². The predicted octanol–water partition coefficient (Wildman–Crippen LogP) is 3.16. The van der Waals surface area contributed by atoms with Crippen molar-refractivity contribution in [2.45, 2.75) is 18.4 Å². The SMILES string of the molecule is Cc1ccccc1-n1nccc1-c1ccc(O)c(S(=O)(=O)N(C)Cc2cnccn2)c1. The number of benzene rings is 2. The summed E-state index contributed by atoms with van der Waals surface area (Å²) >= 11 is 0. The first-order valence-corrected chi connectivity index (χ1v) is 11.0. The highest BCUT2D eigenvalue weighted by Gasteiger charge is 2.26. The number of phenols is 1. The largest absolute Gasteiger partial charge is 0.507 e. The van der Waals surface area contributed by atoms with E-state index in [0.717, 1.165) is 15.6 Å². The molecule has 0 bridgehead atoms. The Balaban J connectivity index is 1.74. The van der Waals surface area contributed by atoms with E-state index in [1.54, 1.807) is 23.0 Å². The first kappa shape index (κ1) is 20.7. The van der Waals surface area contributed by atoms with Gasteiger partial charge in [0.15, 0.2) is 0 Å². The van der Waals surface area contributed by atoms with Gasteiger partial charge in [-0.2, -0.15) is 9.40 Å². The van der Waals surface area contributed by atoms with E-state index >= 15 is 0 Å². The number of hydrogen-bond donors (Lipinski definition) is 1. The molecule has 0 radical (unpaired) electrons. The van der Waals surface area contributed by atoms with Crippen LogP contribution in [0, 0.1) is 6.92 Å². The third-order valence-corrected chi connectivity index (χ3v) is 6.76. The van der Waals surface area contributed by atoms with E-state index in [0.29, 0.717) is 17.0 Å². The molecule has 0 aliphatic heterocycles. The van der Waals surface area contributed by atoms with Gasteiger partial charge in [0.05, 0.1) is 29.8 Å². The number of hydrogen-bond acceptors (Lipinski definition) is 6. The highest BCUT2D eigenvalue weighted by molar-refractivity contribution is 7.89. The Kier molecular flexibility index (Phi) is 5.53. The molecule has 8 nitrogen and oxygen atoms in total. The lowest BCUT2D eigenvalue weighted by molar-refractivity contribution is 0.437. The van der Waals surface area contributed by atoms with E-state index in [9.17, 15) is 13.5 Å². The third-order valence-electron chi connectivity index (χ3n) is 4.93. The zero-order valence-corrected chi connectivity index (χ0v) is 17.9. The summed E-state index contributed by atoms with van der Waals surface area (Å²) < 4.78 is 29.3. The molecule has 0 fully saturated rings. The first-order valence-electron chi connectivity index (χ1n) is 9.52. The van der Waals surface area contributed by atoms with Gasteiger partial charge in [0.1, 0.15) is 10.6 Å². The quantitative estimate of drug-likeness (QED) is 0.499. The Morgan fingerprint density at radius 3 is 2.61 bits per heavy atom. The van der Waals surface area contributed by atoms with Crippen LogP contribution in [0.1, 0.15) is 11.3 Å². The average molecular weight is 436 g/mol. The molecule has 2 aromatic carbocycles. The molecule has 31 heavy (non-hydrogen) atoms. The summed E-state index contributed by atoms with van der Waals surface area (Å²) in [5.74, 6) is -0.322. The standard InChI is InChI=1S/C22H21N5O3S/c1-16-5-3-4-6-19(16)27-20(9-10-25-27)17-7-8-21(28)22(13-17)31(29,30)26(2)15-18-14-23-11-12-24-18/h3-14,28H,15H2,1-2H3. The maximum Gasteiger partial charge on any atom is 0.246 e. The molecule has 0 saturated carbocycles. The molecule has 4 aromatic rings. The predicted molar refractivity (Wildman–Crippen MR) is 116 cm³/mol. The van der Waals surface area contributed by atoms with E-state index < -0.39 is 10.0 Å². The lowest BCUT2D eigenvalue weighted by atomic mass is 10.1. The van der Waals surface area contributed by atoms with Crippen LogP contribution in [-0.2, 0) is 16.6 Å². The zero-order valence-electron chi connectivity index (χ0n) is 17.0. The van der Waals surface area contributed by atoms with Crippen molar-refractivity contribution in [3.63, 3.8) is 0 Å². The van der Waals surface area contributed by atoms with Gasteiger partial charge in [-0.3, -0.25) is 9.97 Å². The zero-order chi connectivity index (χ0) is 22.0. The van der Waals surface area contributed by atoms with Crippen molar-refractivity contribution in [1.29, 1.82) is 0 Å². The Labute approximate surface area is 180 Å². The minimum Gasteiger partial charge on any atom is -0.507 e. The van der Waals surface area contributed by atoms with Crippen LogP contribution in [0.3, 0.4) is 0 Å². The van der Waals surface area contributed by atoms with Crippen molar-refractivity contribution in [3.8, 4) is 22.7 Å². The van der Waals surface area contributed by atoms with E-state index in [2.05, 4.69) is 15.1 Å². The fourth-order valence-corrected chi connectivity index (χ4v) is 4.53. The number of para-hydroxylation sites is 1. The van der Waals surface area contributed by atoms with Gasteiger partial charge in [-0.25, -0.2) is 13.1 Å². The van der Waals surface area contributed by atoms with Gasteiger partial charge in [-0.15, -0.1) is 0 Å². The third kappa shape index (κ3) is 4.05. The second kappa shape index (κ2) is 8.29. The lowest BCUT2D eigenvalue weighted by Crippen LogP contribution is -2.27. The highest BCUT2D eigenvalue weighted by atomic mass is 32.2. The van der Waals surface area contributed by atoms with Crippen molar-refractivity contribution in [2.75, 3.05) is 7.05 Å². The topological polar surface area (TPSA) is 101 Å². The van der Waals surface area contributed by atoms with Crippen LogP contribution < -0.4 is 0 Å². The van der Waals surface area contributed by atoms with Crippen LogP contribution in [0.4, 0.5) is 0 Å². The Bertz CT molecular complexity index is 1320. The maximum atomic E-state index is 13.2. The summed E-state index contributed by atoms with van der Waals surface area (Å²) in [7, 11) is -2.54. The molecule has 4 rings (SSSR count). The monoisotopic (exact) mass is 435 g/mol. The van der Waals surface area contributed by atoms with Gasteiger partial charge in [0.25, 0.3) is 0 Å². The van der Waals surface area contributed by atoms with Gasteiger partial charge in [-0.1, -0.05) is 18.2 Å². The molecule has 0 unspecified atom stereocenters. The van der Waals surface area contributed by atoms with E-state index in [1.165, 1.54) is 37.8 Å². The van der Waals surface area contributed by atoms with Gasteiger partial charge in [0, 0.05) is 31.2 Å². The van der Waals surface area contributed by atoms with Crippen LogP contribution in [0.5, 0.6) is 5.75 Å². The van der Waals surface area contributed by atoms with Crippen molar-refractivity contribution < 1.29 is 13.5 Å². The summed E-state index contributed by atoms with van der Waals surface area (Å²) in [4.78, 5) is 7.89. The summed E-state index contributed by atoms with van der Waals surface area (Å²) in [5.41, 5.74) is 3.75. The van der Waals surface area contributed by atoms with Crippen molar-refractivity contribution >= 4 is 10.0 Å². The lowest BCUT2D eigenvalue weighted by Gasteiger charge is -2.18. The first-order chi connectivity index (χ1) is 14.9. The van der Waals surface area contributed by atoms with Crippen molar-refractivity contribution in [1.82, 2.24) is 24.1 Å². The molecule has 158 valence electrons. The molecule has 9 heteroatoms. The molecule has 0 spiro atoms. The summed E-state index contributed by atoms with van der Waals surface area (Å²) in [5, 5.41) is 14.8. The van der Waals surface area contributed by atoms with Crippen LogP contribution in [0.2, 0.25) is 0 Å². The fraction of sp³-hybridized carbons (Fsp3) is 0.136. The number of rotatable bonds is 6. The number of nitrogens with zero attached hydrogens (tertiary/aromatic N) is 5. The molecule has 2 heterocycles. The summed E-state index contributed by atoms with van der Waals surface area (Å²) in [6, 6.07) is 14.1. The second-order valence-electron chi connectivity index (χ2n) is 7.06. The van der Waals surface area contributed by atoms with Crippen LogP contribution in [0.15, 0.2) is 78.2 Å². The Hall–Kier alpha value is -3.56. The second-order valence-corrected chi connectivity index (χ2v) is 9.07. The van der Waals surface area contributed by atoms with Gasteiger partial charge in [0.2, 0.25) is 10.0 Å². The highest BCUT2D eigenvalue weighted by Crippen LogP contribution is 2.32. The molecular weight excluding hydrogens is 414 g/mol. The maximum absolute atomic E-state index is 13.2. The van der Waals surface area contributed by atoms with Crippen LogP contribution in [-0.4, -0.2) is 44.6 Å². The average Bonchev–Trinajstić information content (AvgIpc) is 3.24. The molecular formula is C22H21N5O3S. The summed E-state index contributed by atoms with van der Waals surface area (Å²) in [6.45, 7) is 2.01. The minimum atomic E-state index is -3.98. The molecule has 0 aliphatic carbocycles. The fourth-order valence-electron chi connectivity index (χ4n) is 3.29. The Morgan fingerprint density at radius 2 is 1.87 bits per heavy atom. The summed E-state index contributed by atoms with van der Waals surface area (Å²) in [6.07, 6.45) is 6.18. The number of phenolic OH excluding ortho intramolecular Hbond substituents is 1. The van der Waals surface area contributed by atoms with E-state index in [-0.39, 0.29) is 17.2 Å². The number of sulfonamides is 1. The van der Waals surface area contributed by atoms with Gasteiger partial charge in [-0.05, 0) is 42.8 Å². The number of aromatic hydroxyl groups is 1. The Morgan fingerprint density at radius 1 is 1.06 bits per heavy atom. The van der Waals surface area contributed by atoms with Crippen LogP contribution in [0.25, 0.3) is 16.9 Å². The number of aromatic nitrogens is 4. The molecule has 1 N–H and O–H groups in total. The van der Waals surface area contributed by atoms with Crippen molar-refractivity contribution in [3.05, 3.63) is 84.6 Å².